The summed E-state index contributed by atoms with van der Waals surface area (Å²) in [5.41, 5.74) is 4.29. The van der Waals surface area contributed by atoms with Crippen LogP contribution in [0.4, 0.5) is 5.69 Å². The van der Waals surface area contributed by atoms with E-state index in [1.165, 1.54) is 5.56 Å². The number of aryl methyl sites for hydroxylation is 3. The minimum atomic E-state index is 0.686. The molecular formula is C28H41N7O. The second-order valence-electron chi connectivity index (χ2n) is 9.29. The number of benzene rings is 1. The highest BCUT2D eigenvalue weighted by Crippen LogP contribution is 2.39. The lowest BCUT2D eigenvalue weighted by Crippen LogP contribution is -2.32. The van der Waals surface area contributed by atoms with Crippen LogP contribution < -0.4 is 25.5 Å². The van der Waals surface area contributed by atoms with E-state index in [1.807, 2.05) is 4.52 Å². The van der Waals surface area contributed by atoms with E-state index in [2.05, 4.69) is 83.8 Å². The van der Waals surface area contributed by atoms with Gasteiger partial charge in [-0.05, 0) is 75.2 Å². The van der Waals surface area contributed by atoms with Crippen LogP contribution in [0, 0.1) is 0 Å². The number of hydrogen-bond donors (Lipinski definition) is 2. The lowest BCUT2D eigenvalue weighted by Gasteiger charge is -2.18. The van der Waals surface area contributed by atoms with E-state index in [4.69, 9.17) is 9.84 Å². The van der Waals surface area contributed by atoms with Crippen molar-refractivity contribution in [1.29, 1.82) is 0 Å². The largest absolute Gasteiger partial charge is 0.439 e. The average Bonchev–Trinajstić information content (AvgIpc) is 3.54. The van der Waals surface area contributed by atoms with Gasteiger partial charge in [-0.15, -0.1) is 10.2 Å². The summed E-state index contributed by atoms with van der Waals surface area (Å²) in [4.78, 5) is 2.20. The molecule has 2 N–H and O–H groups in total. The van der Waals surface area contributed by atoms with Crippen molar-refractivity contribution >= 4 is 17.4 Å². The number of fused-ring (bicyclic) bond motifs is 2. The van der Waals surface area contributed by atoms with Gasteiger partial charge < -0.3 is 10.1 Å². The Balaban J connectivity index is 1.64. The number of rotatable bonds is 14. The molecule has 0 fully saturated rings. The van der Waals surface area contributed by atoms with Crippen LogP contribution in [0.15, 0.2) is 30.2 Å². The molecule has 1 aliphatic heterocycles. The minimum Gasteiger partial charge on any atom is -0.439 e. The molecule has 0 aliphatic carbocycles. The molecule has 2 aromatic heterocycles. The molecule has 1 aromatic carbocycles. The third kappa shape index (κ3) is 5.87. The van der Waals surface area contributed by atoms with E-state index in [0.29, 0.717) is 6.67 Å². The Bertz CT molecular complexity index is 1220. The zero-order valence-corrected chi connectivity index (χ0v) is 22.3. The van der Waals surface area contributed by atoms with E-state index >= 15 is 0 Å². The number of nitrogens with zero attached hydrogens (tertiary/aromatic N) is 5. The zero-order chi connectivity index (χ0) is 25.3. The SMILES string of the molecule is CCCCc1nnc2/c(=C/C=C3\Oc4cc(CCCNCC)ccc4N3CNCC)c(CCC)nn12. The van der Waals surface area contributed by atoms with E-state index in [1.54, 1.807) is 0 Å². The summed E-state index contributed by atoms with van der Waals surface area (Å²) >= 11 is 0. The van der Waals surface area contributed by atoms with Gasteiger partial charge in [-0.2, -0.15) is 9.61 Å². The second-order valence-corrected chi connectivity index (χ2v) is 9.29. The first-order valence-electron chi connectivity index (χ1n) is 13.6. The van der Waals surface area contributed by atoms with E-state index < -0.39 is 0 Å². The van der Waals surface area contributed by atoms with Gasteiger partial charge in [0.15, 0.2) is 17.2 Å². The van der Waals surface area contributed by atoms with Crippen molar-refractivity contribution in [1.82, 2.24) is 30.4 Å². The van der Waals surface area contributed by atoms with Gasteiger partial charge in [0.1, 0.15) is 0 Å². The number of ether oxygens (including phenoxy) is 1. The third-order valence-electron chi connectivity index (χ3n) is 6.50. The normalized spacial score (nSPS) is 14.8. The fourth-order valence-corrected chi connectivity index (χ4v) is 4.54. The van der Waals surface area contributed by atoms with Gasteiger partial charge in [0.25, 0.3) is 0 Å². The van der Waals surface area contributed by atoms with Gasteiger partial charge in [-0.25, -0.2) is 0 Å². The van der Waals surface area contributed by atoms with E-state index in [9.17, 15) is 0 Å². The van der Waals surface area contributed by atoms with Crippen LogP contribution in [0.3, 0.4) is 0 Å². The maximum atomic E-state index is 6.39. The number of allylic oxidation sites excluding steroid dienone is 1. The number of nitrogens with one attached hydrogen (secondary N) is 2. The molecule has 0 saturated carbocycles. The van der Waals surface area contributed by atoms with Crippen molar-refractivity contribution in [3.05, 3.63) is 52.5 Å². The first-order valence-corrected chi connectivity index (χ1v) is 13.6. The van der Waals surface area contributed by atoms with Crippen LogP contribution in [0.1, 0.15) is 70.5 Å². The molecule has 0 bridgehead atoms. The highest BCUT2D eigenvalue weighted by atomic mass is 16.5. The minimum absolute atomic E-state index is 0.686. The van der Waals surface area contributed by atoms with Crippen LogP contribution in [0.25, 0.3) is 11.7 Å². The Labute approximate surface area is 214 Å². The Kier molecular flexibility index (Phi) is 9.30. The Morgan fingerprint density at radius 1 is 0.917 bits per heavy atom. The Morgan fingerprint density at radius 2 is 1.78 bits per heavy atom. The van der Waals surface area contributed by atoms with Crippen molar-refractivity contribution in [2.24, 2.45) is 0 Å². The summed E-state index contributed by atoms with van der Waals surface area (Å²) in [7, 11) is 0. The molecule has 0 atom stereocenters. The van der Waals surface area contributed by atoms with Gasteiger partial charge in [0.05, 0.1) is 18.1 Å². The van der Waals surface area contributed by atoms with E-state index in [0.717, 1.165) is 104 Å². The maximum absolute atomic E-state index is 6.39. The molecule has 8 heteroatoms. The molecule has 194 valence electrons. The van der Waals surface area contributed by atoms with Gasteiger partial charge in [-0.1, -0.05) is 46.6 Å². The Morgan fingerprint density at radius 3 is 2.56 bits per heavy atom. The molecular weight excluding hydrogens is 450 g/mol. The van der Waals surface area contributed by atoms with E-state index in [-0.39, 0.29) is 0 Å². The van der Waals surface area contributed by atoms with Crippen molar-refractivity contribution in [3.8, 4) is 5.75 Å². The van der Waals surface area contributed by atoms with Crippen LogP contribution in [0.5, 0.6) is 5.75 Å². The lowest BCUT2D eigenvalue weighted by molar-refractivity contribution is 0.435. The summed E-state index contributed by atoms with van der Waals surface area (Å²) in [6.45, 7) is 12.3. The molecule has 1 aliphatic rings. The fraction of sp³-hybridized carbons (Fsp3) is 0.536. The summed E-state index contributed by atoms with van der Waals surface area (Å²) in [6, 6.07) is 6.58. The van der Waals surface area contributed by atoms with Crippen LogP contribution in [0.2, 0.25) is 0 Å². The zero-order valence-electron chi connectivity index (χ0n) is 22.3. The molecule has 0 amide bonds. The first-order chi connectivity index (χ1) is 17.7. The predicted molar refractivity (Wildman–Crippen MR) is 146 cm³/mol. The summed E-state index contributed by atoms with van der Waals surface area (Å²) in [6.07, 6.45) is 11.3. The predicted octanol–water partition coefficient (Wildman–Crippen LogP) is 3.77. The summed E-state index contributed by atoms with van der Waals surface area (Å²) < 4.78 is 8.33. The van der Waals surface area contributed by atoms with Crippen LogP contribution in [-0.4, -0.2) is 46.1 Å². The monoisotopic (exact) mass is 491 g/mol. The number of aromatic nitrogens is 4. The average molecular weight is 492 g/mol. The maximum Gasteiger partial charge on any atom is 0.201 e. The van der Waals surface area contributed by atoms with Crippen molar-refractivity contribution < 1.29 is 4.74 Å². The Hall–Kier alpha value is -2.97. The molecule has 4 rings (SSSR count). The highest BCUT2D eigenvalue weighted by Gasteiger charge is 2.26. The first kappa shape index (κ1) is 26.1. The number of hydrogen-bond acceptors (Lipinski definition) is 7. The standard InChI is InChI=1S/C28H41N7O/c1-5-9-13-26-31-32-28-22(23(11-6-2)33-35(26)28)15-17-27-34(20-30-8-4)24-16-14-21(19-25(24)36-27)12-10-18-29-7-3/h14-17,19,29-30H,5-13,18,20H2,1-4H3/b22-15+,27-17-. The quantitative estimate of drug-likeness (QED) is 0.332. The van der Waals surface area contributed by atoms with Gasteiger partial charge in [-0.3, -0.25) is 10.2 Å². The number of anilines is 1. The molecule has 0 spiro atoms. The molecule has 0 radical (unpaired) electrons. The van der Waals surface area contributed by atoms with Crippen LogP contribution >= 0.6 is 0 Å². The smallest absolute Gasteiger partial charge is 0.201 e. The topological polar surface area (TPSA) is 79.6 Å². The van der Waals surface area contributed by atoms with Crippen molar-refractivity contribution in [2.45, 2.75) is 72.6 Å². The third-order valence-corrected chi connectivity index (χ3v) is 6.50. The molecule has 0 unspecified atom stereocenters. The molecule has 0 saturated heterocycles. The summed E-state index contributed by atoms with van der Waals surface area (Å²) in [5, 5.41) is 21.7. The second kappa shape index (κ2) is 12.8. The molecule has 3 heterocycles. The van der Waals surface area contributed by atoms with Gasteiger partial charge in [0.2, 0.25) is 5.88 Å². The highest BCUT2D eigenvalue weighted by molar-refractivity contribution is 5.68. The molecule has 3 aromatic rings. The van der Waals surface area contributed by atoms with Crippen LogP contribution in [-0.2, 0) is 19.3 Å². The summed E-state index contributed by atoms with van der Waals surface area (Å²) in [5.74, 6) is 2.66. The fourth-order valence-electron chi connectivity index (χ4n) is 4.54. The van der Waals surface area contributed by atoms with Crippen molar-refractivity contribution in [2.75, 3.05) is 31.2 Å². The lowest BCUT2D eigenvalue weighted by atomic mass is 10.1. The molecule has 8 nitrogen and oxygen atoms in total. The van der Waals surface area contributed by atoms with Gasteiger partial charge >= 0.3 is 0 Å². The number of unbranched alkanes of at least 4 members (excludes halogenated alkanes) is 1. The molecule has 36 heavy (non-hydrogen) atoms. The van der Waals surface area contributed by atoms with Gasteiger partial charge in [0, 0.05) is 11.6 Å². The van der Waals surface area contributed by atoms with Crippen molar-refractivity contribution in [3.63, 3.8) is 0 Å².